The summed E-state index contributed by atoms with van der Waals surface area (Å²) in [6, 6.07) is 0.489. The van der Waals surface area contributed by atoms with Crippen molar-refractivity contribution < 1.29 is 0 Å². The van der Waals surface area contributed by atoms with Crippen molar-refractivity contribution in [3.05, 3.63) is 17.5 Å². The van der Waals surface area contributed by atoms with E-state index in [1.54, 1.807) is 12.4 Å². The second kappa shape index (κ2) is 4.84. The van der Waals surface area contributed by atoms with Gasteiger partial charge in [-0.2, -0.15) is 11.8 Å². The number of rotatable bonds is 2. The Morgan fingerprint density at radius 1 is 1.43 bits per heavy atom. The minimum Gasteiger partial charge on any atom is -0.364 e. The summed E-state index contributed by atoms with van der Waals surface area (Å²) in [6.45, 7) is 0. The molecule has 1 unspecified atom stereocenters. The quantitative estimate of drug-likeness (QED) is 0.846. The highest BCUT2D eigenvalue weighted by Gasteiger charge is 2.15. The number of halogens is 1. The van der Waals surface area contributed by atoms with Crippen molar-refractivity contribution in [3.8, 4) is 0 Å². The van der Waals surface area contributed by atoms with Gasteiger partial charge in [-0.1, -0.05) is 11.6 Å². The lowest BCUT2D eigenvalue weighted by Gasteiger charge is -2.22. The Hall–Kier alpha value is -0.480. The smallest absolute Gasteiger partial charge is 0.171 e. The van der Waals surface area contributed by atoms with E-state index in [9.17, 15) is 0 Å². The van der Waals surface area contributed by atoms with E-state index in [0.29, 0.717) is 17.0 Å². The Balaban J connectivity index is 1.99. The van der Waals surface area contributed by atoms with Crippen LogP contribution in [-0.2, 0) is 0 Å². The molecule has 1 aliphatic rings. The van der Waals surface area contributed by atoms with Crippen LogP contribution in [0.4, 0.5) is 5.82 Å². The first kappa shape index (κ1) is 10.1. The maximum atomic E-state index is 5.90. The molecule has 1 aliphatic heterocycles. The van der Waals surface area contributed by atoms with Gasteiger partial charge in [0.15, 0.2) is 11.0 Å². The molecule has 0 radical (unpaired) electrons. The molecule has 1 atom stereocenters. The summed E-state index contributed by atoms with van der Waals surface area (Å²) in [6.07, 6.45) is 5.72. The highest BCUT2D eigenvalue weighted by atomic mass is 35.5. The summed E-state index contributed by atoms with van der Waals surface area (Å²) in [7, 11) is 0. The van der Waals surface area contributed by atoms with Gasteiger partial charge in [0.1, 0.15) is 0 Å². The molecule has 1 aromatic heterocycles. The number of hydrogen-bond acceptors (Lipinski definition) is 4. The fraction of sp³-hybridized carbons (Fsp3) is 0.556. The van der Waals surface area contributed by atoms with Crippen molar-refractivity contribution in [1.29, 1.82) is 0 Å². The molecule has 0 amide bonds. The molecule has 1 fully saturated rings. The van der Waals surface area contributed by atoms with E-state index in [2.05, 4.69) is 15.3 Å². The van der Waals surface area contributed by atoms with E-state index < -0.39 is 0 Å². The van der Waals surface area contributed by atoms with Crippen LogP contribution in [0.2, 0.25) is 5.15 Å². The lowest BCUT2D eigenvalue weighted by atomic mass is 10.2. The molecule has 2 heterocycles. The normalized spacial score (nSPS) is 21.9. The molecule has 1 N–H and O–H groups in total. The van der Waals surface area contributed by atoms with Gasteiger partial charge >= 0.3 is 0 Å². The van der Waals surface area contributed by atoms with E-state index in [0.717, 1.165) is 5.75 Å². The predicted octanol–water partition coefficient (Wildman–Crippen LogP) is 2.44. The fourth-order valence-electron chi connectivity index (χ4n) is 1.47. The van der Waals surface area contributed by atoms with Gasteiger partial charge in [0.2, 0.25) is 0 Å². The molecule has 1 aromatic rings. The molecule has 0 saturated carbocycles. The molecule has 2 rings (SSSR count). The summed E-state index contributed by atoms with van der Waals surface area (Å²) >= 11 is 7.87. The van der Waals surface area contributed by atoms with E-state index in [4.69, 9.17) is 11.6 Å². The fourth-order valence-corrected chi connectivity index (χ4v) is 2.70. The molecule has 0 aromatic carbocycles. The molecule has 0 bridgehead atoms. The first-order chi connectivity index (χ1) is 6.86. The molecule has 5 heteroatoms. The van der Waals surface area contributed by atoms with Crippen molar-refractivity contribution in [2.75, 3.05) is 16.8 Å². The molecule has 14 heavy (non-hydrogen) atoms. The van der Waals surface area contributed by atoms with E-state index >= 15 is 0 Å². The maximum Gasteiger partial charge on any atom is 0.171 e. The molecule has 3 nitrogen and oxygen atoms in total. The second-order valence-electron chi connectivity index (χ2n) is 3.25. The minimum absolute atomic E-state index is 0.461. The SMILES string of the molecule is Clc1nccnc1NC1CCCSC1. The topological polar surface area (TPSA) is 37.8 Å². The Morgan fingerprint density at radius 3 is 3.00 bits per heavy atom. The lowest BCUT2D eigenvalue weighted by Crippen LogP contribution is -2.26. The van der Waals surface area contributed by atoms with Gasteiger partial charge in [0.05, 0.1) is 0 Å². The summed E-state index contributed by atoms with van der Waals surface area (Å²) in [5.41, 5.74) is 0. The zero-order chi connectivity index (χ0) is 9.80. The zero-order valence-corrected chi connectivity index (χ0v) is 9.31. The summed E-state index contributed by atoms with van der Waals surface area (Å²) < 4.78 is 0. The minimum atomic E-state index is 0.461. The molecule has 76 valence electrons. The predicted molar refractivity (Wildman–Crippen MR) is 61.0 cm³/mol. The van der Waals surface area contributed by atoms with Gasteiger partial charge in [-0.3, -0.25) is 0 Å². The van der Waals surface area contributed by atoms with Crippen LogP contribution in [0.15, 0.2) is 12.4 Å². The van der Waals surface area contributed by atoms with Crippen molar-refractivity contribution in [3.63, 3.8) is 0 Å². The lowest BCUT2D eigenvalue weighted by molar-refractivity contribution is 0.682. The van der Waals surface area contributed by atoms with Gasteiger partial charge in [-0.25, -0.2) is 9.97 Å². The zero-order valence-electron chi connectivity index (χ0n) is 7.74. The highest BCUT2D eigenvalue weighted by Crippen LogP contribution is 2.22. The third kappa shape index (κ3) is 2.51. The molecular formula is C9H12ClN3S. The number of nitrogens with one attached hydrogen (secondary N) is 1. The van der Waals surface area contributed by atoms with E-state index in [1.807, 2.05) is 11.8 Å². The number of hydrogen-bond donors (Lipinski definition) is 1. The van der Waals surface area contributed by atoms with Crippen molar-refractivity contribution >= 4 is 29.2 Å². The summed E-state index contributed by atoms with van der Waals surface area (Å²) in [4.78, 5) is 8.14. The molecule has 1 saturated heterocycles. The van der Waals surface area contributed by atoms with Crippen LogP contribution in [0.3, 0.4) is 0 Å². The van der Waals surface area contributed by atoms with Crippen LogP contribution in [0.5, 0.6) is 0 Å². The van der Waals surface area contributed by atoms with Gasteiger partial charge in [-0.15, -0.1) is 0 Å². The van der Waals surface area contributed by atoms with Gasteiger partial charge in [0, 0.05) is 24.2 Å². The Morgan fingerprint density at radius 2 is 2.29 bits per heavy atom. The highest BCUT2D eigenvalue weighted by molar-refractivity contribution is 7.99. The number of thioether (sulfide) groups is 1. The van der Waals surface area contributed by atoms with Gasteiger partial charge in [-0.05, 0) is 18.6 Å². The van der Waals surface area contributed by atoms with Crippen LogP contribution < -0.4 is 5.32 Å². The number of aromatic nitrogens is 2. The van der Waals surface area contributed by atoms with E-state index in [-0.39, 0.29) is 0 Å². The average molecular weight is 230 g/mol. The summed E-state index contributed by atoms with van der Waals surface area (Å²) in [5.74, 6) is 3.11. The third-order valence-electron chi connectivity index (χ3n) is 2.15. The van der Waals surface area contributed by atoms with Crippen molar-refractivity contribution in [2.24, 2.45) is 0 Å². The van der Waals surface area contributed by atoms with Crippen LogP contribution in [-0.4, -0.2) is 27.5 Å². The second-order valence-corrected chi connectivity index (χ2v) is 4.76. The first-order valence-corrected chi connectivity index (χ1v) is 6.20. The largest absolute Gasteiger partial charge is 0.364 e. The average Bonchev–Trinajstić information content (AvgIpc) is 2.23. The number of anilines is 1. The Labute approximate surface area is 92.7 Å². The van der Waals surface area contributed by atoms with E-state index in [1.165, 1.54) is 18.6 Å². The number of nitrogens with zero attached hydrogens (tertiary/aromatic N) is 2. The maximum absolute atomic E-state index is 5.90. The monoisotopic (exact) mass is 229 g/mol. The van der Waals surface area contributed by atoms with Crippen LogP contribution >= 0.6 is 23.4 Å². The van der Waals surface area contributed by atoms with Crippen LogP contribution in [0, 0.1) is 0 Å². The van der Waals surface area contributed by atoms with Gasteiger partial charge in [0.25, 0.3) is 0 Å². The van der Waals surface area contributed by atoms with Crippen LogP contribution in [0.1, 0.15) is 12.8 Å². The molecule has 0 aliphatic carbocycles. The van der Waals surface area contributed by atoms with Crippen molar-refractivity contribution in [1.82, 2.24) is 9.97 Å². The first-order valence-electron chi connectivity index (χ1n) is 4.67. The van der Waals surface area contributed by atoms with Crippen LogP contribution in [0.25, 0.3) is 0 Å². The van der Waals surface area contributed by atoms with Gasteiger partial charge < -0.3 is 5.32 Å². The Bertz CT molecular complexity index is 302. The van der Waals surface area contributed by atoms with Crippen molar-refractivity contribution in [2.45, 2.75) is 18.9 Å². The molecule has 0 spiro atoms. The Kier molecular flexibility index (Phi) is 3.48. The summed E-state index contributed by atoms with van der Waals surface area (Å²) in [5, 5.41) is 3.78. The third-order valence-corrected chi connectivity index (χ3v) is 3.65. The molecular weight excluding hydrogens is 218 g/mol. The standard InChI is InChI=1S/C9H12ClN3S/c10-8-9(12-4-3-11-8)13-7-2-1-5-14-6-7/h3-4,7H,1-2,5-6H2,(H,12,13).